The fourth-order valence-electron chi connectivity index (χ4n) is 2.25. The average Bonchev–Trinajstić information content (AvgIpc) is 2.91. The first-order valence-corrected chi connectivity index (χ1v) is 7.01. The van der Waals surface area contributed by atoms with Crippen LogP contribution in [0.25, 0.3) is 0 Å². The zero-order valence-corrected chi connectivity index (χ0v) is 12.1. The molecule has 2 heterocycles. The second-order valence-corrected chi connectivity index (χ2v) is 5.37. The van der Waals surface area contributed by atoms with Gasteiger partial charge in [0.05, 0.1) is 6.42 Å². The summed E-state index contributed by atoms with van der Waals surface area (Å²) in [5, 5.41) is 2.87. The summed E-state index contributed by atoms with van der Waals surface area (Å²) >= 11 is 0. The number of nitrogens with zero attached hydrogens (tertiary/aromatic N) is 2. The van der Waals surface area contributed by atoms with Gasteiger partial charge in [0.15, 0.2) is 0 Å². The van der Waals surface area contributed by atoms with E-state index in [-0.39, 0.29) is 18.0 Å². The van der Waals surface area contributed by atoms with Crippen LogP contribution in [-0.4, -0.2) is 58.9 Å². The van der Waals surface area contributed by atoms with Crippen molar-refractivity contribution in [2.24, 2.45) is 0 Å². The van der Waals surface area contributed by atoms with E-state index in [2.05, 4.69) is 10.3 Å². The summed E-state index contributed by atoms with van der Waals surface area (Å²) in [6, 6.07) is 2.00. The van der Waals surface area contributed by atoms with Crippen LogP contribution in [0.4, 0.5) is 4.79 Å². The van der Waals surface area contributed by atoms with Crippen LogP contribution >= 0.6 is 0 Å². The molecule has 20 heavy (non-hydrogen) atoms. The lowest BCUT2D eigenvalue weighted by Crippen LogP contribution is -2.54. The molecule has 0 aliphatic carbocycles. The van der Waals surface area contributed by atoms with E-state index in [0.29, 0.717) is 32.6 Å². The molecule has 6 heteroatoms. The van der Waals surface area contributed by atoms with Crippen molar-refractivity contribution >= 4 is 11.9 Å². The highest BCUT2D eigenvalue weighted by molar-refractivity contribution is 5.79. The molecule has 1 aromatic rings. The summed E-state index contributed by atoms with van der Waals surface area (Å²) in [5.74, 6) is 0.119. The van der Waals surface area contributed by atoms with Crippen LogP contribution < -0.4 is 5.32 Å². The number of rotatable bonds is 3. The number of aromatic amines is 1. The predicted molar refractivity (Wildman–Crippen MR) is 76.3 cm³/mol. The molecular weight excluding hydrogens is 256 g/mol. The van der Waals surface area contributed by atoms with Crippen molar-refractivity contribution in [3.63, 3.8) is 0 Å². The molecule has 0 atom stereocenters. The van der Waals surface area contributed by atoms with Gasteiger partial charge in [0.1, 0.15) is 0 Å². The molecule has 1 aliphatic heterocycles. The quantitative estimate of drug-likeness (QED) is 0.859. The maximum atomic E-state index is 12.1. The van der Waals surface area contributed by atoms with Gasteiger partial charge in [-0.25, -0.2) is 4.79 Å². The molecule has 0 bridgehead atoms. The topological polar surface area (TPSA) is 68.4 Å². The van der Waals surface area contributed by atoms with Crippen LogP contribution in [0.2, 0.25) is 0 Å². The van der Waals surface area contributed by atoms with E-state index >= 15 is 0 Å². The summed E-state index contributed by atoms with van der Waals surface area (Å²) < 4.78 is 0. The number of aromatic nitrogens is 1. The summed E-state index contributed by atoms with van der Waals surface area (Å²) in [6.07, 6.45) is 4.07. The van der Waals surface area contributed by atoms with Crippen LogP contribution in [0.5, 0.6) is 0 Å². The SMILES string of the molecule is CC(C)NC(=O)N1CCN(C(=O)Cc2cc[nH]c2)CC1. The van der Waals surface area contributed by atoms with Crippen LogP contribution in [0.1, 0.15) is 19.4 Å². The first kappa shape index (κ1) is 14.4. The van der Waals surface area contributed by atoms with Crippen molar-refractivity contribution in [1.82, 2.24) is 20.1 Å². The molecule has 2 N–H and O–H groups in total. The lowest BCUT2D eigenvalue weighted by molar-refractivity contribution is -0.131. The molecule has 2 rings (SSSR count). The Bertz CT molecular complexity index is 448. The zero-order valence-electron chi connectivity index (χ0n) is 12.1. The third kappa shape index (κ3) is 3.76. The third-order valence-corrected chi connectivity index (χ3v) is 3.35. The number of carbonyl (C=O) groups excluding carboxylic acids is 2. The van der Waals surface area contributed by atoms with Crippen molar-refractivity contribution in [3.05, 3.63) is 24.0 Å². The highest BCUT2D eigenvalue weighted by Crippen LogP contribution is 2.06. The van der Waals surface area contributed by atoms with Gasteiger partial charge in [-0.1, -0.05) is 0 Å². The number of hydrogen-bond donors (Lipinski definition) is 2. The Labute approximate surface area is 119 Å². The first-order chi connectivity index (χ1) is 9.56. The average molecular weight is 278 g/mol. The molecular formula is C14H22N4O2. The summed E-state index contributed by atoms with van der Waals surface area (Å²) in [7, 11) is 0. The smallest absolute Gasteiger partial charge is 0.317 e. The Morgan fingerprint density at radius 2 is 1.90 bits per heavy atom. The monoisotopic (exact) mass is 278 g/mol. The van der Waals surface area contributed by atoms with Crippen LogP contribution in [0, 0.1) is 0 Å². The van der Waals surface area contributed by atoms with Gasteiger partial charge in [0, 0.05) is 44.6 Å². The van der Waals surface area contributed by atoms with Gasteiger partial charge >= 0.3 is 6.03 Å². The minimum Gasteiger partial charge on any atom is -0.367 e. The van der Waals surface area contributed by atoms with E-state index in [1.165, 1.54) is 0 Å². The minimum atomic E-state index is -0.0438. The third-order valence-electron chi connectivity index (χ3n) is 3.35. The van der Waals surface area contributed by atoms with Crippen LogP contribution in [0.3, 0.4) is 0 Å². The molecule has 0 radical (unpaired) electrons. The van der Waals surface area contributed by atoms with Gasteiger partial charge in [-0.3, -0.25) is 4.79 Å². The Morgan fingerprint density at radius 1 is 1.25 bits per heavy atom. The number of H-pyrrole nitrogens is 1. The number of amides is 3. The van der Waals surface area contributed by atoms with Gasteiger partial charge in [0.2, 0.25) is 5.91 Å². The molecule has 3 amide bonds. The van der Waals surface area contributed by atoms with Gasteiger partial charge < -0.3 is 20.1 Å². The van der Waals surface area contributed by atoms with Crippen molar-refractivity contribution in [2.75, 3.05) is 26.2 Å². The molecule has 110 valence electrons. The van der Waals surface area contributed by atoms with E-state index in [0.717, 1.165) is 5.56 Å². The molecule has 1 saturated heterocycles. The standard InChI is InChI=1S/C14H22N4O2/c1-11(2)16-14(20)18-7-5-17(6-8-18)13(19)9-12-3-4-15-10-12/h3-4,10-11,15H,5-9H2,1-2H3,(H,16,20). The normalized spacial score (nSPS) is 15.6. The van der Waals surface area contributed by atoms with E-state index in [9.17, 15) is 9.59 Å². The molecule has 1 fully saturated rings. The molecule has 0 aromatic carbocycles. The number of carbonyl (C=O) groups is 2. The van der Waals surface area contributed by atoms with Crippen LogP contribution in [-0.2, 0) is 11.2 Å². The molecule has 0 unspecified atom stereocenters. The van der Waals surface area contributed by atoms with Gasteiger partial charge in [0.25, 0.3) is 0 Å². The fraction of sp³-hybridized carbons (Fsp3) is 0.571. The number of nitrogens with one attached hydrogen (secondary N) is 2. The van der Waals surface area contributed by atoms with Gasteiger partial charge in [-0.2, -0.15) is 0 Å². The lowest BCUT2D eigenvalue weighted by atomic mass is 10.2. The molecule has 1 aromatic heterocycles. The molecule has 1 aliphatic rings. The summed E-state index contributed by atoms with van der Waals surface area (Å²) in [6.45, 7) is 6.28. The molecule has 0 spiro atoms. The maximum absolute atomic E-state index is 12.1. The van der Waals surface area contributed by atoms with Crippen molar-refractivity contribution < 1.29 is 9.59 Å². The highest BCUT2D eigenvalue weighted by atomic mass is 16.2. The van der Waals surface area contributed by atoms with E-state index < -0.39 is 0 Å². The van der Waals surface area contributed by atoms with E-state index in [1.54, 1.807) is 4.90 Å². The van der Waals surface area contributed by atoms with Gasteiger partial charge in [-0.15, -0.1) is 0 Å². The number of piperazine rings is 1. The van der Waals surface area contributed by atoms with E-state index in [1.807, 2.05) is 37.2 Å². The van der Waals surface area contributed by atoms with Gasteiger partial charge in [-0.05, 0) is 25.5 Å². The molecule has 6 nitrogen and oxygen atoms in total. The molecule has 0 saturated carbocycles. The number of urea groups is 1. The second kappa shape index (κ2) is 6.45. The minimum absolute atomic E-state index is 0.0438. The Kier molecular flexibility index (Phi) is 4.65. The lowest BCUT2D eigenvalue weighted by Gasteiger charge is -2.35. The number of hydrogen-bond acceptors (Lipinski definition) is 2. The summed E-state index contributed by atoms with van der Waals surface area (Å²) in [5.41, 5.74) is 0.995. The predicted octanol–water partition coefficient (Wildman–Crippen LogP) is 0.819. The van der Waals surface area contributed by atoms with E-state index in [4.69, 9.17) is 0 Å². The van der Waals surface area contributed by atoms with Crippen molar-refractivity contribution in [3.8, 4) is 0 Å². The Hall–Kier alpha value is -1.98. The summed E-state index contributed by atoms with van der Waals surface area (Å²) in [4.78, 5) is 30.5. The van der Waals surface area contributed by atoms with Crippen LogP contribution in [0.15, 0.2) is 18.5 Å². The first-order valence-electron chi connectivity index (χ1n) is 7.01. The Balaban J connectivity index is 1.79. The maximum Gasteiger partial charge on any atom is 0.317 e. The van der Waals surface area contributed by atoms with Crippen molar-refractivity contribution in [1.29, 1.82) is 0 Å². The second-order valence-electron chi connectivity index (χ2n) is 5.37. The zero-order chi connectivity index (χ0) is 14.5. The Morgan fingerprint density at radius 3 is 2.45 bits per heavy atom. The van der Waals surface area contributed by atoms with Crippen molar-refractivity contribution in [2.45, 2.75) is 26.3 Å². The highest BCUT2D eigenvalue weighted by Gasteiger charge is 2.24. The largest absolute Gasteiger partial charge is 0.367 e. The fourth-order valence-corrected chi connectivity index (χ4v) is 2.25.